The van der Waals surface area contributed by atoms with Crippen molar-refractivity contribution in [1.29, 1.82) is 0 Å². The molecule has 0 aromatic heterocycles. The third-order valence-corrected chi connectivity index (χ3v) is 7.68. The molecule has 0 unspecified atom stereocenters. The van der Waals surface area contributed by atoms with E-state index in [4.69, 9.17) is 0 Å². The summed E-state index contributed by atoms with van der Waals surface area (Å²) in [6.07, 6.45) is 0. The van der Waals surface area contributed by atoms with Crippen molar-refractivity contribution in [3.63, 3.8) is 0 Å². The van der Waals surface area contributed by atoms with Gasteiger partial charge in [0.25, 0.3) is 0 Å². The molecule has 0 radical (unpaired) electrons. The van der Waals surface area contributed by atoms with E-state index in [1.165, 1.54) is 11.4 Å². The van der Waals surface area contributed by atoms with Gasteiger partial charge in [-0.05, 0) is 35.4 Å². The molecule has 4 fully saturated rings. The van der Waals surface area contributed by atoms with Gasteiger partial charge in [-0.1, -0.05) is 12.1 Å². The van der Waals surface area contributed by atoms with Crippen molar-refractivity contribution in [3.05, 3.63) is 47.5 Å². The van der Waals surface area contributed by atoms with Gasteiger partial charge in [0.05, 0.1) is 0 Å². The second-order valence-electron chi connectivity index (χ2n) is 9.15. The molecule has 1 aliphatic carbocycles. The molecule has 142 valence electrons. The fraction of sp³-hybridized carbons (Fsp3) is 0.435. The van der Waals surface area contributed by atoms with Gasteiger partial charge in [0.1, 0.15) is 0 Å². The third kappa shape index (κ3) is 2.01. The summed E-state index contributed by atoms with van der Waals surface area (Å²) in [7, 11) is 0. The van der Waals surface area contributed by atoms with Crippen LogP contribution in [-0.2, 0) is 0 Å². The van der Waals surface area contributed by atoms with E-state index in [2.05, 4.69) is 56.8 Å². The molecule has 4 saturated heterocycles. The van der Waals surface area contributed by atoms with Crippen molar-refractivity contribution >= 4 is 17.2 Å². The topological polar surface area (TPSA) is 47.6 Å². The van der Waals surface area contributed by atoms with Crippen molar-refractivity contribution in [2.75, 3.05) is 49.1 Å². The maximum absolute atomic E-state index is 13.2. The minimum Gasteiger partial charge on any atom is -0.370 e. The standard InChI is InChI=1S/C23H24N4O/c28-23-19-5-15(26-9-13-7-24-21(13)11-26)1-3-17(19)18-4-2-16(6-20(18)23)27-10-14-8-25-22(14)12-27/h1-6,13-14,21-22,24-25H,7-12H2/t13-,14-,21-,22-/m1/s1. The molecule has 7 rings (SSSR count). The van der Waals surface area contributed by atoms with Gasteiger partial charge in [0, 0.05) is 85.7 Å². The number of benzene rings is 2. The molecule has 0 spiro atoms. The van der Waals surface area contributed by atoms with Gasteiger partial charge in [-0.25, -0.2) is 0 Å². The predicted molar refractivity (Wildman–Crippen MR) is 110 cm³/mol. The van der Waals surface area contributed by atoms with Crippen LogP contribution in [0.15, 0.2) is 36.4 Å². The Bertz CT molecular complexity index is 914. The van der Waals surface area contributed by atoms with E-state index >= 15 is 0 Å². The highest BCUT2D eigenvalue weighted by Gasteiger charge is 2.41. The van der Waals surface area contributed by atoms with E-state index in [0.717, 1.165) is 73.4 Å². The minimum atomic E-state index is 0.189. The number of carbonyl (C=O) groups excluding carboxylic acids is 1. The van der Waals surface area contributed by atoms with E-state index < -0.39 is 0 Å². The number of nitrogens with one attached hydrogen (secondary N) is 2. The van der Waals surface area contributed by atoms with Crippen molar-refractivity contribution in [1.82, 2.24) is 10.6 Å². The van der Waals surface area contributed by atoms with Crippen LogP contribution in [0, 0.1) is 11.8 Å². The molecule has 2 aromatic rings. The molecule has 2 N–H and O–H groups in total. The molecule has 28 heavy (non-hydrogen) atoms. The number of fused-ring (bicyclic) bond motifs is 5. The van der Waals surface area contributed by atoms with Gasteiger partial charge < -0.3 is 20.4 Å². The summed E-state index contributed by atoms with van der Waals surface area (Å²) >= 11 is 0. The Hall–Kier alpha value is -2.37. The summed E-state index contributed by atoms with van der Waals surface area (Å²) in [4.78, 5) is 18.1. The van der Waals surface area contributed by atoms with Crippen molar-refractivity contribution in [3.8, 4) is 11.1 Å². The van der Waals surface area contributed by atoms with Gasteiger partial charge in [-0.2, -0.15) is 0 Å². The Morgan fingerprint density at radius 3 is 1.54 bits per heavy atom. The quantitative estimate of drug-likeness (QED) is 0.717. The highest BCUT2D eigenvalue weighted by molar-refractivity contribution is 6.22. The molecule has 5 heteroatoms. The van der Waals surface area contributed by atoms with Crippen LogP contribution in [0.25, 0.3) is 11.1 Å². The minimum absolute atomic E-state index is 0.189. The number of ketones is 1. The first-order valence-electron chi connectivity index (χ1n) is 10.5. The smallest absolute Gasteiger partial charge is 0.194 e. The first-order chi connectivity index (χ1) is 13.7. The van der Waals surface area contributed by atoms with E-state index in [1.807, 2.05) is 0 Å². The normalized spacial score (nSPS) is 31.8. The number of carbonyl (C=O) groups is 1. The van der Waals surface area contributed by atoms with Crippen molar-refractivity contribution in [2.24, 2.45) is 11.8 Å². The zero-order valence-electron chi connectivity index (χ0n) is 15.8. The molecule has 2 aromatic carbocycles. The van der Waals surface area contributed by atoms with Crippen LogP contribution in [-0.4, -0.2) is 57.1 Å². The fourth-order valence-electron chi connectivity index (χ4n) is 5.77. The molecule has 0 amide bonds. The van der Waals surface area contributed by atoms with Crippen LogP contribution in [0.5, 0.6) is 0 Å². The van der Waals surface area contributed by atoms with E-state index in [0.29, 0.717) is 12.1 Å². The largest absolute Gasteiger partial charge is 0.370 e. The lowest BCUT2D eigenvalue weighted by Crippen LogP contribution is -2.51. The summed E-state index contributed by atoms with van der Waals surface area (Å²) in [5.74, 6) is 1.73. The molecule has 0 bridgehead atoms. The van der Waals surface area contributed by atoms with Crippen LogP contribution in [0.4, 0.5) is 11.4 Å². The number of hydrogen-bond donors (Lipinski definition) is 2. The zero-order valence-corrected chi connectivity index (χ0v) is 15.8. The molecule has 4 atom stereocenters. The van der Waals surface area contributed by atoms with Crippen LogP contribution in [0.1, 0.15) is 15.9 Å². The second-order valence-corrected chi connectivity index (χ2v) is 9.15. The van der Waals surface area contributed by atoms with Gasteiger partial charge in [-0.3, -0.25) is 4.79 Å². The van der Waals surface area contributed by atoms with E-state index in [-0.39, 0.29) is 5.78 Å². The van der Waals surface area contributed by atoms with Crippen LogP contribution >= 0.6 is 0 Å². The molecular formula is C23H24N4O. The summed E-state index contributed by atoms with van der Waals surface area (Å²) in [6.45, 7) is 6.58. The average Bonchev–Trinajstić information content (AvgIpc) is 3.26. The first kappa shape index (κ1) is 15.5. The molecular weight excluding hydrogens is 348 g/mol. The molecule has 5 nitrogen and oxygen atoms in total. The maximum atomic E-state index is 13.2. The Morgan fingerprint density at radius 1 is 0.679 bits per heavy atom. The summed E-state index contributed by atoms with van der Waals surface area (Å²) in [5.41, 5.74) is 6.33. The van der Waals surface area contributed by atoms with Crippen LogP contribution in [0.2, 0.25) is 0 Å². The average molecular weight is 372 g/mol. The Kier molecular flexibility index (Phi) is 2.98. The summed E-state index contributed by atoms with van der Waals surface area (Å²) < 4.78 is 0. The van der Waals surface area contributed by atoms with E-state index in [1.54, 1.807) is 0 Å². The fourth-order valence-corrected chi connectivity index (χ4v) is 5.77. The molecule has 4 heterocycles. The highest BCUT2D eigenvalue weighted by Crippen LogP contribution is 2.41. The SMILES string of the molecule is O=C1c2cc(N3C[C@H]4CN[C@@H]4C3)ccc2-c2ccc(N3C[C@H]4CN[C@@H]4C3)cc21. The zero-order chi connectivity index (χ0) is 18.4. The van der Waals surface area contributed by atoms with Gasteiger partial charge >= 0.3 is 0 Å². The molecule has 5 aliphatic rings. The summed E-state index contributed by atoms with van der Waals surface area (Å²) in [6, 6.07) is 14.2. The number of hydrogen-bond acceptors (Lipinski definition) is 5. The number of rotatable bonds is 2. The number of nitrogens with zero attached hydrogens (tertiary/aromatic N) is 2. The van der Waals surface area contributed by atoms with Gasteiger partial charge in [0.15, 0.2) is 5.78 Å². The Morgan fingerprint density at radius 2 is 1.18 bits per heavy atom. The second kappa shape index (κ2) is 5.37. The number of anilines is 2. The lowest BCUT2D eigenvalue weighted by molar-refractivity contribution is 0.104. The Labute approximate surface area is 164 Å². The van der Waals surface area contributed by atoms with Crippen molar-refractivity contribution in [2.45, 2.75) is 12.1 Å². The Balaban J connectivity index is 1.21. The van der Waals surface area contributed by atoms with Crippen LogP contribution in [0.3, 0.4) is 0 Å². The lowest BCUT2D eigenvalue weighted by Gasteiger charge is -2.29. The third-order valence-electron chi connectivity index (χ3n) is 7.68. The molecule has 4 aliphatic heterocycles. The lowest BCUT2D eigenvalue weighted by atomic mass is 9.96. The van der Waals surface area contributed by atoms with Gasteiger partial charge in [-0.15, -0.1) is 0 Å². The molecule has 0 saturated carbocycles. The van der Waals surface area contributed by atoms with E-state index in [9.17, 15) is 4.79 Å². The predicted octanol–water partition coefficient (Wildman–Crippen LogP) is 1.71. The highest BCUT2D eigenvalue weighted by atomic mass is 16.1. The maximum Gasteiger partial charge on any atom is 0.194 e. The van der Waals surface area contributed by atoms with Gasteiger partial charge in [0.2, 0.25) is 0 Å². The monoisotopic (exact) mass is 372 g/mol. The summed E-state index contributed by atoms with van der Waals surface area (Å²) in [5, 5.41) is 7.02. The first-order valence-corrected chi connectivity index (χ1v) is 10.5. The van der Waals surface area contributed by atoms with Crippen molar-refractivity contribution < 1.29 is 4.79 Å². The van der Waals surface area contributed by atoms with Crippen LogP contribution < -0.4 is 20.4 Å².